The topological polar surface area (TPSA) is 29.5 Å². The second-order valence-electron chi connectivity index (χ2n) is 7.88. The normalized spacial score (nSPS) is 14.2. The van der Waals surface area contributed by atoms with Crippen molar-refractivity contribution in [3.05, 3.63) is 130 Å². The summed E-state index contributed by atoms with van der Waals surface area (Å²) in [5, 5.41) is 0.662. The van der Waals surface area contributed by atoms with Gasteiger partial charge in [0.1, 0.15) is 5.75 Å². The summed E-state index contributed by atoms with van der Waals surface area (Å²) >= 11 is 6.17. The summed E-state index contributed by atoms with van der Waals surface area (Å²) < 4.78 is 5.27. The maximum absolute atomic E-state index is 14.0. The van der Waals surface area contributed by atoms with Gasteiger partial charge in [0.2, 0.25) is 0 Å². The van der Waals surface area contributed by atoms with Crippen LogP contribution in [-0.2, 0) is 11.3 Å². The standard InChI is InChI=1S/C29H22ClNO2/c1-33-24-17-11-20(12-18-24)19-31-26-10-6-5-9-25(26)28(29(31)32)27(21-7-3-2-4-8-21)22-13-15-23(30)16-14-22/h2-18H,19H2,1H3/b28-27+. The average Bonchev–Trinajstić information content (AvgIpc) is 3.13. The van der Waals surface area contributed by atoms with Crippen molar-refractivity contribution in [2.75, 3.05) is 12.0 Å². The third kappa shape index (κ3) is 4.04. The molecule has 4 aromatic carbocycles. The molecule has 4 aromatic rings. The number of ether oxygens (including phenoxy) is 1. The predicted octanol–water partition coefficient (Wildman–Crippen LogP) is 6.85. The van der Waals surface area contributed by atoms with Crippen molar-refractivity contribution in [1.82, 2.24) is 0 Å². The average molecular weight is 452 g/mol. The molecule has 3 nitrogen and oxygen atoms in total. The molecule has 1 aliphatic rings. The number of benzene rings is 4. The highest BCUT2D eigenvalue weighted by molar-refractivity contribution is 6.39. The van der Waals surface area contributed by atoms with Gasteiger partial charge >= 0.3 is 0 Å². The fourth-order valence-electron chi connectivity index (χ4n) is 4.27. The molecule has 0 spiro atoms. The minimum atomic E-state index is -0.0131. The zero-order valence-corrected chi connectivity index (χ0v) is 18.9. The van der Waals surface area contributed by atoms with Crippen LogP contribution >= 0.6 is 11.6 Å². The van der Waals surface area contributed by atoms with Crippen LogP contribution in [0.1, 0.15) is 22.3 Å². The summed E-state index contributed by atoms with van der Waals surface area (Å²) in [7, 11) is 1.65. The van der Waals surface area contributed by atoms with Crippen LogP contribution in [-0.4, -0.2) is 13.0 Å². The third-order valence-electron chi connectivity index (χ3n) is 5.87. The van der Waals surface area contributed by atoms with Gasteiger partial charge in [-0.2, -0.15) is 0 Å². The molecule has 0 aromatic heterocycles. The Labute approximate surface area is 198 Å². The first-order valence-corrected chi connectivity index (χ1v) is 11.1. The lowest BCUT2D eigenvalue weighted by molar-refractivity contribution is -0.113. The minimum Gasteiger partial charge on any atom is -0.497 e. The molecule has 162 valence electrons. The number of carbonyl (C=O) groups is 1. The Hall–Kier alpha value is -3.82. The van der Waals surface area contributed by atoms with Crippen molar-refractivity contribution >= 4 is 34.3 Å². The van der Waals surface area contributed by atoms with E-state index < -0.39 is 0 Å². The summed E-state index contributed by atoms with van der Waals surface area (Å²) in [4.78, 5) is 15.8. The second-order valence-corrected chi connectivity index (χ2v) is 8.32. The van der Waals surface area contributed by atoms with Gasteiger partial charge in [-0.1, -0.05) is 84.4 Å². The summed E-state index contributed by atoms with van der Waals surface area (Å²) in [6.45, 7) is 0.478. The number of hydrogen-bond donors (Lipinski definition) is 0. The number of para-hydroxylation sites is 1. The van der Waals surface area contributed by atoms with E-state index in [1.165, 1.54) is 0 Å². The lowest BCUT2D eigenvalue weighted by atomic mass is 9.90. The van der Waals surface area contributed by atoms with Crippen LogP contribution < -0.4 is 9.64 Å². The molecule has 0 unspecified atom stereocenters. The Morgan fingerprint density at radius 3 is 2.12 bits per heavy atom. The van der Waals surface area contributed by atoms with Gasteiger partial charge in [-0.25, -0.2) is 0 Å². The van der Waals surface area contributed by atoms with Crippen LogP contribution in [0.2, 0.25) is 5.02 Å². The number of fused-ring (bicyclic) bond motifs is 1. The highest BCUT2D eigenvalue weighted by Crippen LogP contribution is 2.43. The second kappa shape index (κ2) is 8.97. The van der Waals surface area contributed by atoms with Gasteiger partial charge in [-0.3, -0.25) is 4.79 Å². The quantitative estimate of drug-likeness (QED) is 0.310. The van der Waals surface area contributed by atoms with E-state index in [4.69, 9.17) is 16.3 Å². The van der Waals surface area contributed by atoms with Crippen LogP contribution in [0.25, 0.3) is 11.1 Å². The fourth-order valence-corrected chi connectivity index (χ4v) is 4.39. The molecule has 1 amide bonds. The van der Waals surface area contributed by atoms with Crippen molar-refractivity contribution in [3.63, 3.8) is 0 Å². The van der Waals surface area contributed by atoms with E-state index in [0.29, 0.717) is 17.1 Å². The van der Waals surface area contributed by atoms with Crippen LogP contribution in [0.3, 0.4) is 0 Å². The highest BCUT2D eigenvalue weighted by atomic mass is 35.5. The predicted molar refractivity (Wildman–Crippen MR) is 134 cm³/mol. The van der Waals surface area contributed by atoms with Crippen molar-refractivity contribution in [3.8, 4) is 5.75 Å². The van der Waals surface area contributed by atoms with Gasteiger partial charge in [-0.15, -0.1) is 0 Å². The van der Waals surface area contributed by atoms with E-state index in [1.54, 1.807) is 7.11 Å². The van der Waals surface area contributed by atoms with E-state index >= 15 is 0 Å². The molecule has 1 aliphatic heterocycles. The van der Waals surface area contributed by atoms with E-state index in [0.717, 1.165) is 39.3 Å². The summed E-state index contributed by atoms with van der Waals surface area (Å²) in [6, 6.07) is 33.5. The number of amides is 1. The van der Waals surface area contributed by atoms with Crippen LogP contribution in [0.4, 0.5) is 5.69 Å². The summed E-state index contributed by atoms with van der Waals surface area (Å²) in [5.41, 5.74) is 6.43. The van der Waals surface area contributed by atoms with Gasteiger partial charge in [0, 0.05) is 16.2 Å². The number of halogens is 1. The first kappa shape index (κ1) is 21.0. The first-order chi connectivity index (χ1) is 16.2. The van der Waals surface area contributed by atoms with Gasteiger partial charge in [0.15, 0.2) is 0 Å². The van der Waals surface area contributed by atoms with Crippen molar-refractivity contribution in [1.29, 1.82) is 0 Å². The third-order valence-corrected chi connectivity index (χ3v) is 6.12. The van der Waals surface area contributed by atoms with Gasteiger partial charge in [-0.05, 0) is 47.0 Å². The van der Waals surface area contributed by atoms with E-state index in [9.17, 15) is 4.79 Å². The number of carbonyl (C=O) groups excluding carboxylic acids is 1. The molecular weight excluding hydrogens is 430 g/mol. The number of anilines is 1. The Kier molecular flexibility index (Phi) is 5.72. The number of nitrogens with zero attached hydrogens (tertiary/aromatic N) is 1. The zero-order valence-electron chi connectivity index (χ0n) is 18.2. The monoisotopic (exact) mass is 451 g/mol. The molecule has 33 heavy (non-hydrogen) atoms. The maximum Gasteiger partial charge on any atom is 0.259 e. The van der Waals surface area contributed by atoms with Gasteiger partial charge in [0.05, 0.1) is 24.9 Å². The van der Waals surface area contributed by atoms with Gasteiger partial charge in [0.25, 0.3) is 5.91 Å². The molecule has 0 radical (unpaired) electrons. The number of methoxy groups -OCH3 is 1. The molecule has 4 heteroatoms. The Balaban J connectivity index is 1.68. The molecular formula is C29H22ClNO2. The van der Waals surface area contributed by atoms with E-state index in [1.807, 2.05) is 108 Å². The van der Waals surface area contributed by atoms with E-state index in [-0.39, 0.29) is 5.91 Å². The maximum atomic E-state index is 14.0. The molecule has 0 fully saturated rings. The smallest absolute Gasteiger partial charge is 0.259 e. The Morgan fingerprint density at radius 1 is 0.788 bits per heavy atom. The summed E-state index contributed by atoms with van der Waals surface area (Å²) in [5.74, 6) is 0.780. The molecule has 0 atom stereocenters. The van der Waals surface area contributed by atoms with Crippen LogP contribution in [0, 0.1) is 0 Å². The zero-order chi connectivity index (χ0) is 22.8. The van der Waals surface area contributed by atoms with Gasteiger partial charge < -0.3 is 9.64 Å². The molecule has 0 bridgehead atoms. The Bertz CT molecular complexity index is 1330. The molecule has 0 saturated carbocycles. The SMILES string of the molecule is COc1ccc(CN2C(=O)/C(=C(\c3ccccc3)c3ccc(Cl)cc3)c3ccccc32)cc1. The largest absolute Gasteiger partial charge is 0.497 e. The van der Waals surface area contributed by atoms with Crippen molar-refractivity contribution < 1.29 is 9.53 Å². The van der Waals surface area contributed by atoms with Crippen LogP contribution in [0.15, 0.2) is 103 Å². The number of rotatable bonds is 5. The lowest BCUT2D eigenvalue weighted by Gasteiger charge is -2.18. The minimum absolute atomic E-state index is 0.0131. The molecule has 1 heterocycles. The van der Waals surface area contributed by atoms with Crippen molar-refractivity contribution in [2.45, 2.75) is 6.54 Å². The molecule has 0 N–H and O–H groups in total. The molecule has 0 aliphatic carbocycles. The lowest BCUT2D eigenvalue weighted by Crippen LogP contribution is -2.26. The summed E-state index contributed by atoms with van der Waals surface area (Å²) in [6.07, 6.45) is 0. The van der Waals surface area contributed by atoms with E-state index in [2.05, 4.69) is 0 Å². The van der Waals surface area contributed by atoms with Crippen molar-refractivity contribution in [2.24, 2.45) is 0 Å². The highest BCUT2D eigenvalue weighted by Gasteiger charge is 2.35. The fraction of sp³-hybridized carbons (Fsp3) is 0.0690. The molecule has 0 saturated heterocycles. The molecule has 5 rings (SSSR count). The van der Waals surface area contributed by atoms with Crippen LogP contribution in [0.5, 0.6) is 5.75 Å². The Morgan fingerprint density at radius 2 is 1.42 bits per heavy atom. The number of hydrogen-bond acceptors (Lipinski definition) is 2. The first-order valence-electron chi connectivity index (χ1n) is 10.8.